The van der Waals surface area contributed by atoms with E-state index in [0.717, 1.165) is 12.2 Å². The average molecular weight is 297 g/mol. The number of nitrogens with one attached hydrogen (secondary N) is 1. The predicted octanol–water partition coefficient (Wildman–Crippen LogP) is 2.37. The van der Waals surface area contributed by atoms with Crippen molar-refractivity contribution in [2.75, 3.05) is 6.54 Å². The summed E-state index contributed by atoms with van der Waals surface area (Å²) in [6, 6.07) is 5.20. The van der Waals surface area contributed by atoms with E-state index >= 15 is 0 Å². The van der Waals surface area contributed by atoms with Gasteiger partial charge in [-0.25, -0.2) is 4.39 Å². The van der Waals surface area contributed by atoms with Crippen LogP contribution in [0.15, 0.2) is 24.4 Å². The summed E-state index contributed by atoms with van der Waals surface area (Å²) in [6.45, 7) is 2.84. The van der Waals surface area contributed by atoms with Crippen molar-refractivity contribution < 1.29 is 4.39 Å². The highest BCUT2D eigenvalue weighted by Gasteiger charge is 2.15. The Morgan fingerprint density at radius 1 is 1.40 bits per heavy atom. The van der Waals surface area contributed by atoms with E-state index in [1.54, 1.807) is 22.9 Å². The predicted molar refractivity (Wildman–Crippen MR) is 77.3 cm³/mol. The monoisotopic (exact) mass is 296 g/mol. The zero-order valence-corrected chi connectivity index (χ0v) is 12.4. The van der Waals surface area contributed by atoms with Gasteiger partial charge in [-0.3, -0.25) is 4.68 Å². The molecule has 1 N–H and O–H groups in total. The second-order valence-electron chi connectivity index (χ2n) is 4.76. The Morgan fingerprint density at radius 2 is 2.20 bits per heavy atom. The fraction of sp³-hybridized carbons (Fsp3) is 0.429. The maximum Gasteiger partial charge on any atom is 0.145 e. The fourth-order valence-electron chi connectivity index (χ4n) is 2.22. The zero-order valence-electron chi connectivity index (χ0n) is 11.6. The molecular formula is C14H18ClFN4. The molecule has 0 aliphatic carbocycles. The van der Waals surface area contributed by atoms with Crippen LogP contribution in [0.4, 0.5) is 4.39 Å². The molecule has 0 fully saturated rings. The van der Waals surface area contributed by atoms with Crippen molar-refractivity contribution in [3.05, 3.63) is 46.5 Å². The van der Waals surface area contributed by atoms with Crippen LogP contribution in [-0.2, 0) is 19.9 Å². The number of aryl methyl sites for hydroxylation is 1. The maximum absolute atomic E-state index is 14.0. The van der Waals surface area contributed by atoms with Crippen LogP contribution in [0.3, 0.4) is 0 Å². The molecule has 6 heteroatoms. The summed E-state index contributed by atoms with van der Waals surface area (Å²) in [4.78, 5) is 0. The van der Waals surface area contributed by atoms with E-state index in [2.05, 4.69) is 15.6 Å². The lowest BCUT2D eigenvalue weighted by atomic mass is 10.0. The number of halogens is 2. The van der Waals surface area contributed by atoms with Crippen LogP contribution in [0.1, 0.15) is 18.2 Å². The largest absolute Gasteiger partial charge is 0.314 e. The van der Waals surface area contributed by atoms with Gasteiger partial charge in [0.15, 0.2) is 0 Å². The van der Waals surface area contributed by atoms with Crippen LogP contribution in [0.25, 0.3) is 0 Å². The molecule has 1 atom stereocenters. The molecule has 0 radical (unpaired) electrons. The molecule has 0 spiro atoms. The molecule has 0 bridgehead atoms. The highest BCUT2D eigenvalue weighted by atomic mass is 35.5. The third kappa shape index (κ3) is 3.77. The maximum atomic E-state index is 14.0. The number of aromatic nitrogens is 3. The van der Waals surface area contributed by atoms with Crippen molar-refractivity contribution in [1.82, 2.24) is 20.3 Å². The molecule has 1 heterocycles. The van der Waals surface area contributed by atoms with Crippen molar-refractivity contribution in [2.45, 2.75) is 25.8 Å². The van der Waals surface area contributed by atoms with Gasteiger partial charge in [-0.2, -0.15) is 0 Å². The van der Waals surface area contributed by atoms with Crippen molar-refractivity contribution in [1.29, 1.82) is 0 Å². The van der Waals surface area contributed by atoms with Gasteiger partial charge >= 0.3 is 0 Å². The van der Waals surface area contributed by atoms with Gasteiger partial charge in [0, 0.05) is 25.7 Å². The van der Waals surface area contributed by atoms with Crippen LogP contribution < -0.4 is 5.32 Å². The molecule has 0 saturated heterocycles. The van der Waals surface area contributed by atoms with Gasteiger partial charge in [0.1, 0.15) is 5.82 Å². The van der Waals surface area contributed by atoms with Crippen molar-refractivity contribution in [3.8, 4) is 0 Å². The standard InChI is InChI=1S/C14H18ClFN4/c1-3-17-11(8-12-9-20(2)19-18-12)7-10-5-4-6-13(15)14(10)16/h4-6,9,11,17H,3,7-8H2,1-2H3. The summed E-state index contributed by atoms with van der Waals surface area (Å²) >= 11 is 5.82. The van der Waals surface area contributed by atoms with E-state index in [1.807, 2.05) is 20.2 Å². The van der Waals surface area contributed by atoms with E-state index in [4.69, 9.17) is 11.6 Å². The van der Waals surface area contributed by atoms with Crippen LogP contribution in [0.2, 0.25) is 5.02 Å². The second kappa shape index (κ2) is 6.81. The van der Waals surface area contributed by atoms with E-state index in [0.29, 0.717) is 18.4 Å². The highest BCUT2D eigenvalue weighted by Crippen LogP contribution is 2.19. The van der Waals surface area contributed by atoms with Gasteiger partial charge in [0.2, 0.25) is 0 Å². The Hall–Kier alpha value is -1.46. The van der Waals surface area contributed by atoms with E-state index in [9.17, 15) is 4.39 Å². The quantitative estimate of drug-likeness (QED) is 0.890. The second-order valence-corrected chi connectivity index (χ2v) is 5.17. The Balaban J connectivity index is 2.10. The van der Waals surface area contributed by atoms with Gasteiger partial charge in [-0.15, -0.1) is 5.10 Å². The zero-order chi connectivity index (χ0) is 14.5. The van der Waals surface area contributed by atoms with Crippen molar-refractivity contribution in [3.63, 3.8) is 0 Å². The van der Waals surface area contributed by atoms with Gasteiger partial charge in [-0.1, -0.05) is 35.9 Å². The number of rotatable bonds is 6. The third-order valence-electron chi connectivity index (χ3n) is 3.10. The molecule has 2 rings (SSSR count). The SMILES string of the molecule is CCNC(Cc1cn(C)nn1)Cc1cccc(Cl)c1F. The number of benzene rings is 1. The molecule has 1 unspecified atom stereocenters. The van der Waals surface area contributed by atoms with Crippen LogP contribution in [0, 0.1) is 5.82 Å². The number of hydrogen-bond donors (Lipinski definition) is 1. The minimum Gasteiger partial charge on any atom is -0.314 e. The first-order valence-electron chi connectivity index (χ1n) is 6.61. The van der Waals surface area contributed by atoms with Crippen molar-refractivity contribution >= 4 is 11.6 Å². The summed E-state index contributed by atoms with van der Waals surface area (Å²) in [5.41, 5.74) is 1.51. The Labute approximate surface area is 122 Å². The summed E-state index contributed by atoms with van der Waals surface area (Å²) in [5.74, 6) is -0.337. The topological polar surface area (TPSA) is 42.7 Å². The Morgan fingerprint density at radius 3 is 2.85 bits per heavy atom. The molecule has 2 aromatic rings. The van der Waals surface area contributed by atoms with Crippen LogP contribution in [0.5, 0.6) is 0 Å². The summed E-state index contributed by atoms with van der Waals surface area (Å²) in [5, 5.41) is 11.5. The summed E-state index contributed by atoms with van der Waals surface area (Å²) < 4.78 is 15.6. The molecule has 0 amide bonds. The van der Waals surface area contributed by atoms with E-state index in [1.165, 1.54) is 0 Å². The smallest absolute Gasteiger partial charge is 0.145 e. The lowest BCUT2D eigenvalue weighted by Gasteiger charge is -2.17. The molecule has 0 aliphatic heterocycles. The minimum atomic E-state index is -0.337. The van der Waals surface area contributed by atoms with Crippen molar-refractivity contribution in [2.24, 2.45) is 7.05 Å². The van der Waals surface area contributed by atoms with E-state index < -0.39 is 0 Å². The van der Waals surface area contributed by atoms with Gasteiger partial charge in [0.05, 0.1) is 10.7 Å². The molecule has 20 heavy (non-hydrogen) atoms. The fourth-order valence-corrected chi connectivity index (χ4v) is 2.41. The highest BCUT2D eigenvalue weighted by molar-refractivity contribution is 6.30. The normalized spacial score (nSPS) is 12.6. The molecule has 0 saturated carbocycles. The number of hydrogen-bond acceptors (Lipinski definition) is 3. The lowest BCUT2D eigenvalue weighted by Crippen LogP contribution is -2.33. The molecule has 1 aromatic carbocycles. The third-order valence-corrected chi connectivity index (χ3v) is 3.39. The first-order chi connectivity index (χ1) is 9.60. The first-order valence-corrected chi connectivity index (χ1v) is 6.99. The van der Waals surface area contributed by atoms with Gasteiger partial charge < -0.3 is 5.32 Å². The lowest BCUT2D eigenvalue weighted by molar-refractivity contribution is 0.501. The first kappa shape index (κ1) is 14.9. The van der Waals surface area contributed by atoms with E-state index in [-0.39, 0.29) is 16.9 Å². The Kier molecular flexibility index (Phi) is 5.09. The molecular weight excluding hydrogens is 279 g/mol. The molecule has 1 aromatic heterocycles. The minimum absolute atomic E-state index is 0.102. The van der Waals surface area contributed by atoms with Gasteiger partial charge in [-0.05, 0) is 24.6 Å². The number of nitrogens with zero attached hydrogens (tertiary/aromatic N) is 3. The summed E-state index contributed by atoms with van der Waals surface area (Å²) in [7, 11) is 1.83. The molecule has 0 aliphatic rings. The van der Waals surface area contributed by atoms with Crippen LogP contribution >= 0.6 is 11.6 Å². The summed E-state index contributed by atoms with van der Waals surface area (Å²) in [6.07, 6.45) is 3.14. The average Bonchev–Trinajstić information content (AvgIpc) is 2.81. The van der Waals surface area contributed by atoms with Crippen LogP contribution in [-0.4, -0.2) is 27.6 Å². The molecule has 108 valence electrons. The molecule has 4 nitrogen and oxygen atoms in total. The van der Waals surface area contributed by atoms with Gasteiger partial charge in [0.25, 0.3) is 0 Å². The number of likely N-dealkylation sites (N-methyl/N-ethyl adjacent to an activating group) is 1. The Bertz CT molecular complexity index is 570.